The maximum atomic E-state index is 11.3. The monoisotopic (exact) mass is 229 g/mol. The molecule has 17 heavy (non-hydrogen) atoms. The summed E-state index contributed by atoms with van der Waals surface area (Å²) in [5.41, 5.74) is 1.12. The van der Waals surface area contributed by atoms with Crippen molar-refractivity contribution in [2.45, 2.75) is 13.8 Å². The number of ether oxygens (including phenoxy) is 1. The Hall–Kier alpha value is -2.16. The summed E-state index contributed by atoms with van der Waals surface area (Å²) in [6, 6.07) is 3.36. The third kappa shape index (κ3) is 3.72. The minimum Gasteiger partial charge on any atom is -0.457 e. The zero-order valence-corrected chi connectivity index (χ0v) is 10.1. The number of carbonyl (C=O) groups is 1. The van der Waals surface area contributed by atoms with E-state index in [1.807, 2.05) is 6.92 Å². The fourth-order valence-electron chi connectivity index (χ4n) is 1.27. The Balaban J connectivity index is 3.06. The predicted molar refractivity (Wildman–Crippen MR) is 68.1 cm³/mol. The molecule has 3 nitrogen and oxygen atoms in total. The minimum atomic E-state index is -0.0913. The predicted octanol–water partition coefficient (Wildman–Crippen LogP) is 3.23. The lowest BCUT2D eigenvalue weighted by Crippen LogP contribution is -2.00. The van der Waals surface area contributed by atoms with Gasteiger partial charge < -0.3 is 4.74 Å². The topological polar surface area (TPSA) is 39.2 Å². The fraction of sp³-hybridized carbons (Fsp3) is 0.143. The maximum absolute atomic E-state index is 11.3. The summed E-state index contributed by atoms with van der Waals surface area (Å²) >= 11 is 0. The van der Waals surface area contributed by atoms with Crippen molar-refractivity contribution >= 4 is 5.78 Å². The number of nitrogens with zero attached hydrogens (tertiary/aromatic N) is 1. The van der Waals surface area contributed by atoms with E-state index in [2.05, 4.69) is 18.1 Å². The number of rotatable bonds is 5. The Morgan fingerprint density at radius 1 is 1.41 bits per heavy atom. The van der Waals surface area contributed by atoms with Gasteiger partial charge in [0.15, 0.2) is 5.78 Å². The van der Waals surface area contributed by atoms with Crippen LogP contribution in [0.4, 0.5) is 0 Å². The Labute approximate surface area is 101 Å². The maximum Gasteiger partial charge on any atom is 0.178 e. The van der Waals surface area contributed by atoms with Gasteiger partial charge in [-0.2, -0.15) is 0 Å². The van der Waals surface area contributed by atoms with Crippen LogP contribution >= 0.6 is 0 Å². The van der Waals surface area contributed by atoms with Gasteiger partial charge in [0.1, 0.15) is 17.2 Å². The molecular formula is C14H15NO2. The largest absolute Gasteiger partial charge is 0.457 e. The van der Waals surface area contributed by atoms with Gasteiger partial charge in [0.25, 0.3) is 0 Å². The van der Waals surface area contributed by atoms with Gasteiger partial charge in [0.05, 0.1) is 0 Å². The number of hydrogen-bond acceptors (Lipinski definition) is 3. The molecule has 88 valence electrons. The lowest BCUT2D eigenvalue weighted by atomic mass is 10.2. The number of aryl methyl sites for hydroxylation is 1. The number of aromatic nitrogens is 1. The number of hydrogen-bond donors (Lipinski definition) is 0. The Kier molecular flexibility index (Phi) is 4.40. The summed E-state index contributed by atoms with van der Waals surface area (Å²) in [6.07, 6.45) is 4.87. The van der Waals surface area contributed by atoms with Crippen LogP contribution in [0.1, 0.15) is 23.1 Å². The minimum absolute atomic E-state index is 0.0913. The molecule has 0 N–H and O–H groups in total. The molecule has 1 aromatic heterocycles. The lowest BCUT2D eigenvalue weighted by molar-refractivity contribution is 0.101. The van der Waals surface area contributed by atoms with Crippen LogP contribution < -0.4 is 4.74 Å². The average molecular weight is 229 g/mol. The number of pyridine rings is 1. The second-order valence-electron chi connectivity index (χ2n) is 3.50. The third-order valence-electron chi connectivity index (χ3n) is 2.01. The van der Waals surface area contributed by atoms with Crippen molar-refractivity contribution in [3.8, 4) is 5.75 Å². The fourth-order valence-corrected chi connectivity index (χ4v) is 1.27. The molecule has 0 bridgehead atoms. The van der Waals surface area contributed by atoms with E-state index < -0.39 is 0 Å². The Bertz CT molecular complexity index is 487. The molecule has 0 unspecified atom stereocenters. The van der Waals surface area contributed by atoms with Gasteiger partial charge in [-0.25, -0.2) is 4.98 Å². The number of carbonyl (C=O) groups excluding carboxylic acids is 1. The van der Waals surface area contributed by atoms with Crippen LogP contribution in [0.3, 0.4) is 0 Å². The SMILES string of the molecule is C=CC=C(C=C)Oc1cc(C)nc(C(C)=O)c1. The van der Waals surface area contributed by atoms with Crippen LogP contribution in [0.2, 0.25) is 0 Å². The summed E-state index contributed by atoms with van der Waals surface area (Å²) in [5, 5.41) is 0. The summed E-state index contributed by atoms with van der Waals surface area (Å²) in [7, 11) is 0. The van der Waals surface area contributed by atoms with Crippen LogP contribution in [0, 0.1) is 6.92 Å². The molecular weight excluding hydrogens is 214 g/mol. The molecule has 1 aromatic rings. The van der Waals surface area contributed by atoms with E-state index in [1.165, 1.54) is 6.92 Å². The van der Waals surface area contributed by atoms with E-state index in [9.17, 15) is 4.79 Å². The molecule has 0 aliphatic rings. The smallest absolute Gasteiger partial charge is 0.178 e. The standard InChI is InChI=1S/C14H15NO2/c1-5-7-12(6-2)17-13-8-10(3)15-14(9-13)11(4)16/h5-9H,1-2H2,3-4H3. The van der Waals surface area contributed by atoms with E-state index in [4.69, 9.17) is 4.74 Å². The van der Waals surface area contributed by atoms with Crippen LogP contribution in [0.25, 0.3) is 0 Å². The van der Waals surface area contributed by atoms with Crippen molar-refractivity contribution in [2.75, 3.05) is 0 Å². The van der Waals surface area contributed by atoms with Gasteiger partial charge in [-0.3, -0.25) is 4.79 Å². The van der Waals surface area contributed by atoms with Gasteiger partial charge in [0.2, 0.25) is 0 Å². The lowest BCUT2D eigenvalue weighted by Gasteiger charge is -2.07. The number of allylic oxidation sites excluding steroid dienone is 3. The molecule has 0 saturated carbocycles. The molecule has 0 radical (unpaired) electrons. The first-order valence-corrected chi connectivity index (χ1v) is 5.19. The zero-order chi connectivity index (χ0) is 12.8. The molecule has 0 atom stereocenters. The Morgan fingerprint density at radius 2 is 2.12 bits per heavy atom. The van der Waals surface area contributed by atoms with Crippen LogP contribution in [-0.4, -0.2) is 10.8 Å². The highest BCUT2D eigenvalue weighted by atomic mass is 16.5. The molecule has 0 fully saturated rings. The average Bonchev–Trinajstić information content (AvgIpc) is 2.27. The molecule has 0 saturated heterocycles. The van der Waals surface area contributed by atoms with Crippen molar-refractivity contribution in [3.63, 3.8) is 0 Å². The second kappa shape index (κ2) is 5.80. The first-order valence-electron chi connectivity index (χ1n) is 5.19. The second-order valence-corrected chi connectivity index (χ2v) is 3.50. The molecule has 0 aliphatic heterocycles. The van der Waals surface area contributed by atoms with Crippen molar-refractivity contribution in [1.29, 1.82) is 0 Å². The Morgan fingerprint density at radius 3 is 2.65 bits per heavy atom. The quantitative estimate of drug-likeness (QED) is 0.442. The van der Waals surface area contributed by atoms with E-state index in [0.29, 0.717) is 17.2 Å². The first-order chi connectivity index (χ1) is 8.06. The van der Waals surface area contributed by atoms with Gasteiger partial charge in [-0.15, -0.1) is 0 Å². The van der Waals surface area contributed by atoms with Crippen molar-refractivity contribution in [2.24, 2.45) is 0 Å². The molecule has 0 aromatic carbocycles. The summed E-state index contributed by atoms with van der Waals surface area (Å²) in [4.78, 5) is 15.4. The number of Topliss-reactive ketones (excluding diaryl/α,β-unsaturated/α-hetero) is 1. The molecule has 0 spiro atoms. The highest BCUT2D eigenvalue weighted by Crippen LogP contribution is 2.17. The normalized spacial score (nSPS) is 10.8. The zero-order valence-electron chi connectivity index (χ0n) is 10.1. The van der Waals surface area contributed by atoms with Gasteiger partial charge in [-0.05, 0) is 19.1 Å². The van der Waals surface area contributed by atoms with Gasteiger partial charge in [0, 0.05) is 24.8 Å². The summed E-state index contributed by atoms with van der Waals surface area (Å²) in [5.74, 6) is 1.04. The van der Waals surface area contributed by atoms with E-state index >= 15 is 0 Å². The van der Waals surface area contributed by atoms with Gasteiger partial charge >= 0.3 is 0 Å². The van der Waals surface area contributed by atoms with Crippen LogP contribution in [0.5, 0.6) is 5.75 Å². The molecule has 1 heterocycles. The summed E-state index contributed by atoms with van der Waals surface area (Å²) in [6.45, 7) is 10.5. The summed E-state index contributed by atoms with van der Waals surface area (Å²) < 4.78 is 5.56. The van der Waals surface area contributed by atoms with Crippen molar-refractivity contribution in [1.82, 2.24) is 4.98 Å². The molecule has 1 rings (SSSR count). The van der Waals surface area contributed by atoms with E-state index in [1.54, 1.807) is 30.4 Å². The first kappa shape index (κ1) is 12.9. The van der Waals surface area contributed by atoms with E-state index in [-0.39, 0.29) is 5.78 Å². The van der Waals surface area contributed by atoms with Crippen molar-refractivity contribution < 1.29 is 9.53 Å². The highest BCUT2D eigenvalue weighted by molar-refractivity contribution is 5.92. The van der Waals surface area contributed by atoms with Gasteiger partial charge in [-0.1, -0.05) is 19.2 Å². The van der Waals surface area contributed by atoms with Crippen LogP contribution in [-0.2, 0) is 0 Å². The van der Waals surface area contributed by atoms with Crippen molar-refractivity contribution in [3.05, 3.63) is 60.7 Å². The van der Waals surface area contributed by atoms with Crippen LogP contribution in [0.15, 0.2) is 49.3 Å². The highest BCUT2D eigenvalue weighted by Gasteiger charge is 2.06. The van der Waals surface area contributed by atoms with E-state index in [0.717, 1.165) is 5.69 Å². The number of ketones is 1. The third-order valence-corrected chi connectivity index (χ3v) is 2.01. The molecule has 0 amide bonds. The molecule has 0 aliphatic carbocycles. The molecule has 3 heteroatoms.